The lowest BCUT2D eigenvalue weighted by Crippen LogP contribution is -2.42. The van der Waals surface area contributed by atoms with Crippen LogP contribution >= 0.6 is 11.6 Å². The van der Waals surface area contributed by atoms with Gasteiger partial charge >= 0.3 is 0 Å². The van der Waals surface area contributed by atoms with Gasteiger partial charge in [0.1, 0.15) is 0 Å². The minimum Gasteiger partial charge on any atom is -0.372 e. The second-order valence-electron chi connectivity index (χ2n) is 8.11. The van der Waals surface area contributed by atoms with Gasteiger partial charge in [-0.15, -0.1) is 0 Å². The van der Waals surface area contributed by atoms with Gasteiger partial charge in [0.15, 0.2) is 0 Å². The summed E-state index contributed by atoms with van der Waals surface area (Å²) in [7, 11) is 0. The molecule has 1 fully saturated rings. The Balaban J connectivity index is 1.31. The van der Waals surface area contributed by atoms with E-state index in [2.05, 4.69) is 40.1 Å². The van der Waals surface area contributed by atoms with Crippen molar-refractivity contribution in [3.63, 3.8) is 0 Å². The zero-order chi connectivity index (χ0) is 18.4. The molecule has 0 spiro atoms. The molecule has 0 bridgehead atoms. The fourth-order valence-electron chi connectivity index (χ4n) is 5.24. The van der Waals surface area contributed by atoms with Gasteiger partial charge in [-0.2, -0.15) is 0 Å². The molecule has 1 unspecified atom stereocenters. The molecule has 0 N–H and O–H groups in total. The van der Waals surface area contributed by atoms with E-state index in [4.69, 9.17) is 11.6 Å². The molecule has 0 saturated carbocycles. The minimum atomic E-state index is 0.177. The standard InChI is InChI=1S/C23H25ClN2O/c24-19-5-7-20(8-6-19)25-13-10-16(11-14-25)21-9-4-17-2-1-3-18-12-15-26(22(17)18)23(21)27/h1-3,5-8,16,21H,4,9-15H2. The van der Waals surface area contributed by atoms with Gasteiger partial charge in [-0.25, -0.2) is 0 Å². The number of carbonyl (C=O) groups excluding carboxylic acids is 1. The molecule has 3 aliphatic rings. The zero-order valence-electron chi connectivity index (χ0n) is 15.5. The van der Waals surface area contributed by atoms with E-state index >= 15 is 0 Å². The fourth-order valence-corrected chi connectivity index (χ4v) is 5.37. The molecule has 2 aromatic rings. The Morgan fingerprint density at radius 2 is 1.56 bits per heavy atom. The highest BCUT2D eigenvalue weighted by Crippen LogP contribution is 2.40. The number of benzene rings is 2. The largest absolute Gasteiger partial charge is 0.372 e. The summed E-state index contributed by atoms with van der Waals surface area (Å²) in [5, 5.41) is 0.780. The minimum absolute atomic E-state index is 0.177. The highest BCUT2D eigenvalue weighted by atomic mass is 35.5. The molecule has 3 nitrogen and oxygen atoms in total. The maximum Gasteiger partial charge on any atom is 0.230 e. The van der Waals surface area contributed by atoms with Gasteiger partial charge < -0.3 is 9.80 Å². The van der Waals surface area contributed by atoms with Crippen LogP contribution in [0, 0.1) is 11.8 Å². The van der Waals surface area contributed by atoms with E-state index in [-0.39, 0.29) is 5.92 Å². The number of nitrogens with zero attached hydrogens (tertiary/aromatic N) is 2. The van der Waals surface area contributed by atoms with Crippen molar-refractivity contribution in [3.8, 4) is 0 Å². The lowest BCUT2D eigenvalue weighted by atomic mass is 9.80. The summed E-state index contributed by atoms with van der Waals surface area (Å²) in [5.41, 5.74) is 5.21. The van der Waals surface area contributed by atoms with Crippen LogP contribution in [0.2, 0.25) is 5.02 Å². The molecule has 140 valence electrons. The average molecular weight is 381 g/mol. The van der Waals surface area contributed by atoms with Crippen LogP contribution < -0.4 is 9.80 Å². The summed E-state index contributed by atoms with van der Waals surface area (Å²) in [5.74, 6) is 1.05. The summed E-state index contributed by atoms with van der Waals surface area (Å²) < 4.78 is 0. The summed E-state index contributed by atoms with van der Waals surface area (Å²) >= 11 is 6.02. The Hall–Kier alpha value is -2.00. The molecule has 1 saturated heterocycles. The van der Waals surface area contributed by atoms with E-state index in [0.29, 0.717) is 11.8 Å². The fraction of sp³-hybridized carbons (Fsp3) is 0.435. The van der Waals surface area contributed by atoms with Gasteiger partial charge in [0, 0.05) is 36.3 Å². The number of halogens is 1. The summed E-state index contributed by atoms with van der Waals surface area (Å²) in [6.45, 7) is 2.91. The monoisotopic (exact) mass is 380 g/mol. The molecule has 2 aromatic carbocycles. The molecule has 3 aliphatic heterocycles. The van der Waals surface area contributed by atoms with Gasteiger partial charge in [-0.1, -0.05) is 29.8 Å². The van der Waals surface area contributed by atoms with Crippen molar-refractivity contribution in [1.29, 1.82) is 0 Å². The quantitative estimate of drug-likeness (QED) is 0.753. The molecular formula is C23H25ClN2O. The molecule has 0 aliphatic carbocycles. The van der Waals surface area contributed by atoms with Crippen molar-refractivity contribution < 1.29 is 4.79 Å². The third kappa shape index (κ3) is 3.02. The van der Waals surface area contributed by atoms with Crippen molar-refractivity contribution in [2.24, 2.45) is 11.8 Å². The van der Waals surface area contributed by atoms with E-state index in [9.17, 15) is 4.79 Å². The van der Waals surface area contributed by atoms with E-state index in [1.54, 1.807) is 0 Å². The van der Waals surface area contributed by atoms with Gasteiger partial charge in [0.05, 0.1) is 5.69 Å². The molecule has 5 rings (SSSR count). The number of carbonyl (C=O) groups is 1. The van der Waals surface area contributed by atoms with Crippen molar-refractivity contribution in [3.05, 3.63) is 58.6 Å². The summed E-state index contributed by atoms with van der Waals surface area (Å²) in [4.78, 5) is 17.9. The lowest BCUT2D eigenvalue weighted by molar-refractivity contribution is -0.124. The van der Waals surface area contributed by atoms with Crippen LogP contribution in [0.1, 0.15) is 30.4 Å². The molecule has 4 heteroatoms. The Bertz CT molecular complexity index is 855. The van der Waals surface area contributed by atoms with E-state index in [1.807, 2.05) is 12.1 Å². The van der Waals surface area contributed by atoms with Gasteiger partial charge in [0.2, 0.25) is 5.91 Å². The molecule has 27 heavy (non-hydrogen) atoms. The SMILES string of the molecule is O=C1C(C2CCN(c3ccc(Cl)cc3)CC2)CCc2cccc3c2N1CC3. The Morgan fingerprint density at radius 3 is 2.30 bits per heavy atom. The number of rotatable bonds is 2. The number of aryl methyl sites for hydroxylation is 1. The van der Waals surface area contributed by atoms with Crippen LogP contribution in [-0.4, -0.2) is 25.5 Å². The maximum atomic E-state index is 13.4. The van der Waals surface area contributed by atoms with Crippen molar-refractivity contribution in [2.75, 3.05) is 29.4 Å². The van der Waals surface area contributed by atoms with Crippen LogP contribution in [0.5, 0.6) is 0 Å². The number of piperidine rings is 1. The zero-order valence-corrected chi connectivity index (χ0v) is 16.3. The molecular weight excluding hydrogens is 356 g/mol. The van der Waals surface area contributed by atoms with Crippen LogP contribution in [0.3, 0.4) is 0 Å². The Labute approximate surface area is 165 Å². The van der Waals surface area contributed by atoms with Crippen molar-refractivity contribution >= 4 is 28.9 Å². The van der Waals surface area contributed by atoms with Gasteiger partial charge in [-0.05, 0) is 73.4 Å². The molecule has 0 radical (unpaired) electrons. The van der Waals surface area contributed by atoms with Crippen LogP contribution in [0.25, 0.3) is 0 Å². The highest BCUT2D eigenvalue weighted by Gasteiger charge is 2.39. The Kier molecular flexibility index (Phi) is 4.35. The van der Waals surface area contributed by atoms with Crippen LogP contribution in [-0.2, 0) is 17.6 Å². The molecule has 1 amide bonds. The third-order valence-electron chi connectivity index (χ3n) is 6.69. The van der Waals surface area contributed by atoms with E-state index in [0.717, 1.165) is 56.8 Å². The number of para-hydroxylation sites is 1. The van der Waals surface area contributed by atoms with Crippen molar-refractivity contribution in [1.82, 2.24) is 0 Å². The van der Waals surface area contributed by atoms with Crippen LogP contribution in [0.15, 0.2) is 42.5 Å². The average Bonchev–Trinajstić information content (AvgIpc) is 3.08. The maximum absolute atomic E-state index is 13.4. The first-order chi connectivity index (χ1) is 13.2. The number of hydrogen-bond acceptors (Lipinski definition) is 2. The lowest BCUT2D eigenvalue weighted by Gasteiger charge is -2.37. The van der Waals surface area contributed by atoms with Crippen LogP contribution in [0.4, 0.5) is 11.4 Å². The second kappa shape index (κ2) is 6.87. The van der Waals surface area contributed by atoms with E-state index in [1.165, 1.54) is 22.5 Å². The Morgan fingerprint density at radius 1 is 0.852 bits per heavy atom. The third-order valence-corrected chi connectivity index (χ3v) is 6.94. The first kappa shape index (κ1) is 17.1. The first-order valence-electron chi connectivity index (χ1n) is 10.1. The topological polar surface area (TPSA) is 23.6 Å². The number of amides is 1. The summed E-state index contributed by atoms with van der Waals surface area (Å²) in [6.07, 6.45) is 5.23. The van der Waals surface area contributed by atoms with E-state index < -0.39 is 0 Å². The number of hydrogen-bond donors (Lipinski definition) is 0. The molecule has 3 heterocycles. The highest BCUT2D eigenvalue weighted by molar-refractivity contribution is 6.30. The molecule has 1 atom stereocenters. The number of anilines is 2. The normalized spacial score (nSPS) is 22.7. The second-order valence-corrected chi connectivity index (χ2v) is 8.55. The van der Waals surface area contributed by atoms with Gasteiger partial charge in [0.25, 0.3) is 0 Å². The van der Waals surface area contributed by atoms with Crippen molar-refractivity contribution in [2.45, 2.75) is 32.1 Å². The smallest absolute Gasteiger partial charge is 0.230 e. The molecule has 0 aromatic heterocycles. The predicted molar refractivity (Wildman–Crippen MR) is 111 cm³/mol. The van der Waals surface area contributed by atoms with Gasteiger partial charge in [-0.3, -0.25) is 4.79 Å². The predicted octanol–water partition coefficient (Wildman–Crippen LogP) is 4.71. The first-order valence-corrected chi connectivity index (χ1v) is 10.5. The summed E-state index contributed by atoms with van der Waals surface area (Å²) in [6, 6.07) is 14.7.